The number of anilines is 1. The van der Waals surface area contributed by atoms with Gasteiger partial charge < -0.3 is 10.1 Å². The van der Waals surface area contributed by atoms with Crippen LogP contribution in [-0.2, 0) is 33.3 Å². The molecule has 1 N–H and O–H groups in total. The molecule has 0 radical (unpaired) electrons. The Morgan fingerprint density at radius 1 is 0.979 bits per heavy atom. The molecular formula is C33H26Cl3F6NO4. The van der Waals surface area contributed by atoms with E-state index in [1.807, 2.05) is 0 Å². The fourth-order valence-electron chi connectivity index (χ4n) is 5.25. The second-order valence-electron chi connectivity index (χ2n) is 11.7. The summed E-state index contributed by atoms with van der Waals surface area (Å²) in [6, 6.07) is 8.08. The van der Waals surface area contributed by atoms with Gasteiger partial charge in [0.05, 0.1) is 23.1 Å². The van der Waals surface area contributed by atoms with Gasteiger partial charge in [-0.25, -0.2) is 13.2 Å². The minimum atomic E-state index is -4.99. The van der Waals surface area contributed by atoms with Crippen molar-refractivity contribution < 1.29 is 45.5 Å². The number of hydrogen-bond acceptors (Lipinski definition) is 4. The molecular weight excluding hydrogens is 695 g/mol. The molecule has 250 valence electrons. The monoisotopic (exact) mass is 719 g/mol. The van der Waals surface area contributed by atoms with Crippen molar-refractivity contribution >= 4 is 58.0 Å². The molecule has 3 atom stereocenters. The number of nitrogens with one attached hydrogen (secondary N) is 1. The van der Waals surface area contributed by atoms with E-state index in [-0.39, 0.29) is 27.4 Å². The van der Waals surface area contributed by atoms with Crippen LogP contribution in [0.1, 0.15) is 58.3 Å². The van der Waals surface area contributed by atoms with E-state index in [2.05, 4.69) is 5.32 Å². The summed E-state index contributed by atoms with van der Waals surface area (Å²) in [4.78, 5) is 38.9. The van der Waals surface area contributed by atoms with Crippen LogP contribution in [0.4, 0.5) is 32.0 Å². The van der Waals surface area contributed by atoms with Crippen LogP contribution in [0.15, 0.2) is 48.5 Å². The molecule has 47 heavy (non-hydrogen) atoms. The average Bonchev–Trinajstić information content (AvgIpc) is 3.92. The molecule has 14 heteroatoms. The number of benzene rings is 3. The Hall–Kier alpha value is -3.12. The maximum Gasteiger partial charge on any atom is 0.419 e. The Labute approximate surface area is 280 Å². The van der Waals surface area contributed by atoms with Gasteiger partial charge in [0, 0.05) is 35.6 Å². The lowest BCUT2D eigenvalue weighted by Crippen LogP contribution is -2.24. The maximum atomic E-state index is 15.4. The summed E-state index contributed by atoms with van der Waals surface area (Å²) in [5.74, 6) is -7.46. The fraction of sp³-hybridized carbons (Fsp3) is 0.364. The first-order chi connectivity index (χ1) is 22.0. The predicted molar refractivity (Wildman–Crippen MR) is 163 cm³/mol. The van der Waals surface area contributed by atoms with Gasteiger partial charge in [0.1, 0.15) is 27.9 Å². The molecule has 0 heterocycles. The zero-order valence-electron chi connectivity index (χ0n) is 24.5. The van der Waals surface area contributed by atoms with Gasteiger partial charge in [0.2, 0.25) is 5.91 Å². The molecule has 1 amide bonds. The van der Waals surface area contributed by atoms with Crippen molar-refractivity contribution in [3.63, 3.8) is 0 Å². The standard InChI is InChI=1S/C33H26Cl3F6NO4/c1-15(47-14-16-2-3-16)26(44)13-21-24(37)8-5-18(30(21)39)11-27(45)20-12-19(6-7-23(20)34)43-31(46)29-28(32(29,35)36)17-4-9-25(38)22(10-17)33(40,41)42/h4-10,12,15-16,28-29H,2-3,11,13-14H2,1H3,(H,43,46)/t15?,28-,29+/m0/s1. The second-order valence-corrected chi connectivity index (χ2v) is 13.6. The molecule has 0 spiro atoms. The number of Topliss-reactive ketones (excluding diaryl/α,β-unsaturated/α-hetero) is 2. The highest BCUT2D eigenvalue weighted by molar-refractivity contribution is 6.53. The van der Waals surface area contributed by atoms with E-state index >= 15 is 4.39 Å². The summed E-state index contributed by atoms with van der Waals surface area (Å²) in [7, 11) is 0. The first kappa shape index (κ1) is 35.2. The lowest BCUT2D eigenvalue weighted by atomic mass is 9.97. The third-order valence-corrected chi connectivity index (χ3v) is 9.50. The van der Waals surface area contributed by atoms with Crippen LogP contribution in [0, 0.1) is 29.3 Å². The van der Waals surface area contributed by atoms with Crippen LogP contribution < -0.4 is 5.32 Å². The second kappa shape index (κ2) is 13.4. The average molecular weight is 721 g/mol. The van der Waals surface area contributed by atoms with E-state index in [0.29, 0.717) is 24.7 Å². The van der Waals surface area contributed by atoms with Gasteiger partial charge in [0.25, 0.3) is 0 Å². The topological polar surface area (TPSA) is 72.5 Å². The number of carbonyl (C=O) groups excluding carboxylic acids is 3. The lowest BCUT2D eigenvalue weighted by molar-refractivity contribution is -0.140. The van der Waals surface area contributed by atoms with Crippen LogP contribution in [0.5, 0.6) is 0 Å². The summed E-state index contributed by atoms with van der Waals surface area (Å²) in [5, 5.41) is 2.45. The number of alkyl halides is 5. The zero-order chi connectivity index (χ0) is 34.4. The summed E-state index contributed by atoms with van der Waals surface area (Å²) in [6.45, 7) is 1.90. The molecule has 3 aromatic carbocycles. The molecule has 0 aliphatic heterocycles. The quantitative estimate of drug-likeness (QED) is 0.116. The molecule has 2 fully saturated rings. The van der Waals surface area contributed by atoms with Crippen molar-refractivity contribution in [2.24, 2.45) is 11.8 Å². The number of ether oxygens (including phenoxy) is 1. The summed E-state index contributed by atoms with van der Waals surface area (Å²) >= 11 is 18.7. The summed E-state index contributed by atoms with van der Waals surface area (Å²) in [5.41, 5.74) is -2.41. The van der Waals surface area contributed by atoms with Crippen molar-refractivity contribution in [3.8, 4) is 0 Å². The van der Waals surface area contributed by atoms with Gasteiger partial charge in [-0.2, -0.15) is 13.2 Å². The SMILES string of the molecule is CC(OCC1CC1)C(=O)Cc1c(F)ccc(CC(=O)c2cc(NC(=O)[C@H]3[C@H](c4ccc(F)c(C(F)(F)F)c4)C3(Cl)Cl)ccc2Cl)c1F. The Kier molecular flexibility index (Phi) is 10.0. The molecule has 0 aromatic heterocycles. The lowest BCUT2D eigenvalue weighted by Gasteiger charge is -2.14. The maximum absolute atomic E-state index is 15.4. The Morgan fingerprint density at radius 2 is 1.66 bits per heavy atom. The van der Waals surface area contributed by atoms with Crippen LogP contribution in [0.2, 0.25) is 5.02 Å². The van der Waals surface area contributed by atoms with Gasteiger partial charge in [-0.05, 0) is 73.2 Å². The molecule has 2 aliphatic carbocycles. The Morgan fingerprint density at radius 3 is 2.32 bits per heavy atom. The first-order valence-corrected chi connectivity index (χ1v) is 15.6. The van der Waals surface area contributed by atoms with Crippen molar-refractivity contribution in [1.82, 2.24) is 0 Å². The highest BCUT2D eigenvalue weighted by Crippen LogP contribution is 2.65. The zero-order valence-corrected chi connectivity index (χ0v) is 26.8. The van der Waals surface area contributed by atoms with Gasteiger partial charge in [-0.15, -0.1) is 23.2 Å². The van der Waals surface area contributed by atoms with E-state index < -0.39 is 87.3 Å². The van der Waals surface area contributed by atoms with E-state index in [4.69, 9.17) is 39.5 Å². The summed E-state index contributed by atoms with van der Waals surface area (Å²) < 4.78 is 87.1. The number of halogens is 9. The number of hydrogen-bond donors (Lipinski definition) is 1. The molecule has 0 saturated heterocycles. The Balaban J connectivity index is 1.28. The van der Waals surface area contributed by atoms with Crippen molar-refractivity contribution in [2.45, 2.75) is 55.1 Å². The van der Waals surface area contributed by atoms with Gasteiger partial charge >= 0.3 is 6.18 Å². The van der Waals surface area contributed by atoms with Crippen LogP contribution >= 0.6 is 34.8 Å². The molecule has 2 saturated carbocycles. The first-order valence-electron chi connectivity index (χ1n) is 14.5. The van der Waals surface area contributed by atoms with Crippen molar-refractivity contribution in [3.05, 3.63) is 98.8 Å². The highest BCUT2D eigenvalue weighted by atomic mass is 35.5. The van der Waals surface area contributed by atoms with E-state index in [1.54, 1.807) is 0 Å². The molecule has 3 aromatic rings. The van der Waals surface area contributed by atoms with Gasteiger partial charge in [0.15, 0.2) is 11.6 Å². The minimum Gasteiger partial charge on any atom is -0.370 e. The third kappa shape index (κ3) is 7.80. The predicted octanol–water partition coefficient (Wildman–Crippen LogP) is 8.65. The molecule has 5 rings (SSSR count). The number of ketones is 2. The Bertz CT molecular complexity index is 1740. The smallest absolute Gasteiger partial charge is 0.370 e. The highest BCUT2D eigenvalue weighted by Gasteiger charge is 2.67. The van der Waals surface area contributed by atoms with Gasteiger partial charge in [-0.1, -0.05) is 23.7 Å². The normalized spacial score (nSPS) is 19.3. The van der Waals surface area contributed by atoms with Crippen LogP contribution in [0.3, 0.4) is 0 Å². The molecule has 1 unspecified atom stereocenters. The third-order valence-electron chi connectivity index (χ3n) is 8.23. The van der Waals surface area contributed by atoms with Crippen molar-refractivity contribution in [2.75, 3.05) is 11.9 Å². The molecule has 2 aliphatic rings. The van der Waals surface area contributed by atoms with E-state index in [0.717, 1.165) is 31.0 Å². The van der Waals surface area contributed by atoms with E-state index in [1.165, 1.54) is 25.1 Å². The van der Waals surface area contributed by atoms with Gasteiger partial charge in [-0.3, -0.25) is 14.4 Å². The number of rotatable bonds is 12. The number of amides is 1. The van der Waals surface area contributed by atoms with Crippen LogP contribution in [0.25, 0.3) is 0 Å². The number of carbonyl (C=O) groups is 3. The minimum absolute atomic E-state index is 0.0404. The van der Waals surface area contributed by atoms with E-state index in [9.17, 15) is 36.3 Å². The van der Waals surface area contributed by atoms with Crippen molar-refractivity contribution in [1.29, 1.82) is 0 Å². The molecule has 5 nitrogen and oxygen atoms in total. The van der Waals surface area contributed by atoms with Crippen LogP contribution in [-0.4, -0.2) is 34.5 Å². The fourth-order valence-corrected chi connectivity index (χ4v) is 6.30. The largest absolute Gasteiger partial charge is 0.419 e. The summed E-state index contributed by atoms with van der Waals surface area (Å²) in [6.07, 6.45) is -4.98. The molecule has 0 bridgehead atoms.